The van der Waals surface area contributed by atoms with E-state index in [-0.39, 0.29) is 24.2 Å². The van der Waals surface area contributed by atoms with Crippen LogP contribution in [0.4, 0.5) is 0 Å². The lowest BCUT2D eigenvalue weighted by Gasteiger charge is -2.31. The van der Waals surface area contributed by atoms with Gasteiger partial charge in [0, 0.05) is 6.04 Å². The second-order valence-corrected chi connectivity index (χ2v) is 6.31. The summed E-state index contributed by atoms with van der Waals surface area (Å²) in [5.74, 6) is 0.211. The van der Waals surface area contributed by atoms with Crippen LogP contribution in [0.5, 0.6) is 0 Å². The van der Waals surface area contributed by atoms with E-state index >= 15 is 0 Å². The van der Waals surface area contributed by atoms with Crippen LogP contribution in [0.1, 0.15) is 32.0 Å². The molecule has 2 heterocycles. The minimum Gasteiger partial charge on any atom is -0.319 e. The van der Waals surface area contributed by atoms with E-state index < -0.39 is 0 Å². The number of amides is 1. The average molecular weight is 281 g/mol. The molecule has 19 heavy (non-hydrogen) atoms. The molecule has 0 bridgehead atoms. The summed E-state index contributed by atoms with van der Waals surface area (Å²) in [7, 11) is 4.13. The molecule has 3 atom stereocenters. The van der Waals surface area contributed by atoms with Crippen LogP contribution < -0.4 is 5.32 Å². The van der Waals surface area contributed by atoms with Gasteiger partial charge in [-0.05, 0) is 63.3 Å². The maximum Gasteiger partial charge on any atom is 0.241 e. The van der Waals surface area contributed by atoms with E-state index in [4.69, 9.17) is 0 Å². The van der Waals surface area contributed by atoms with Crippen LogP contribution in [0.2, 0.25) is 0 Å². The second kappa shape index (κ2) is 6.03. The average Bonchev–Trinajstić information content (AvgIpc) is 2.96. The summed E-state index contributed by atoms with van der Waals surface area (Å²) in [6.45, 7) is 5.08. The Labute approximate surface area is 119 Å². The van der Waals surface area contributed by atoms with Crippen LogP contribution in [-0.4, -0.2) is 48.4 Å². The molecule has 3 unspecified atom stereocenters. The first-order valence-electron chi connectivity index (χ1n) is 6.75. The Morgan fingerprint density at radius 3 is 2.84 bits per heavy atom. The van der Waals surface area contributed by atoms with Crippen molar-refractivity contribution in [1.29, 1.82) is 0 Å². The van der Waals surface area contributed by atoms with Crippen molar-refractivity contribution in [2.24, 2.45) is 0 Å². The molecule has 1 saturated heterocycles. The lowest BCUT2D eigenvalue weighted by molar-refractivity contribution is -0.132. The molecule has 1 aliphatic heterocycles. The molecule has 0 aromatic carbocycles. The van der Waals surface area contributed by atoms with Crippen LogP contribution >= 0.6 is 11.3 Å². The van der Waals surface area contributed by atoms with Crippen molar-refractivity contribution in [3.63, 3.8) is 0 Å². The van der Waals surface area contributed by atoms with Crippen LogP contribution in [0.3, 0.4) is 0 Å². The summed E-state index contributed by atoms with van der Waals surface area (Å²) in [6.07, 6.45) is 1.03. The molecule has 1 aromatic rings. The summed E-state index contributed by atoms with van der Waals surface area (Å²) in [6, 6.07) is 2.25. The number of carbonyl (C=O) groups excluding carboxylic acids is 1. The fraction of sp³-hybridized carbons (Fsp3) is 0.643. The predicted octanol–water partition coefficient (Wildman–Crippen LogP) is 1.91. The molecular formula is C14H23N3OS. The normalized spacial score (nSPS) is 25.3. The third-order valence-electron chi connectivity index (χ3n) is 3.64. The quantitative estimate of drug-likeness (QED) is 0.895. The summed E-state index contributed by atoms with van der Waals surface area (Å²) < 4.78 is 0. The molecule has 1 aliphatic rings. The van der Waals surface area contributed by atoms with Crippen LogP contribution in [0.25, 0.3) is 0 Å². The van der Waals surface area contributed by atoms with E-state index in [0.717, 1.165) is 13.0 Å². The highest BCUT2D eigenvalue weighted by Crippen LogP contribution is 2.29. The van der Waals surface area contributed by atoms with Gasteiger partial charge in [-0.2, -0.15) is 11.3 Å². The van der Waals surface area contributed by atoms with Crippen molar-refractivity contribution < 1.29 is 4.79 Å². The van der Waals surface area contributed by atoms with Gasteiger partial charge in [-0.15, -0.1) is 0 Å². The van der Waals surface area contributed by atoms with Crippen LogP contribution in [-0.2, 0) is 4.79 Å². The SMILES string of the molecule is CC1NC(c2ccsc2)N(C(C)CCN(C)C)C1=O. The van der Waals surface area contributed by atoms with Crippen LogP contribution in [0.15, 0.2) is 16.8 Å². The van der Waals surface area contributed by atoms with Gasteiger partial charge in [-0.3, -0.25) is 10.1 Å². The van der Waals surface area contributed by atoms with E-state index in [0.29, 0.717) is 0 Å². The molecular weight excluding hydrogens is 258 g/mol. The van der Waals surface area contributed by atoms with Crippen molar-refractivity contribution >= 4 is 17.2 Å². The largest absolute Gasteiger partial charge is 0.319 e. The summed E-state index contributed by atoms with van der Waals surface area (Å²) >= 11 is 1.67. The zero-order valence-electron chi connectivity index (χ0n) is 12.1. The molecule has 0 spiro atoms. The van der Waals surface area contributed by atoms with Crippen molar-refractivity contribution in [2.45, 2.75) is 38.5 Å². The molecule has 106 valence electrons. The number of hydrogen-bond donors (Lipinski definition) is 1. The first-order chi connectivity index (χ1) is 9.00. The van der Waals surface area contributed by atoms with Gasteiger partial charge in [0.05, 0.1) is 6.04 Å². The van der Waals surface area contributed by atoms with Gasteiger partial charge < -0.3 is 9.80 Å². The molecule has 0 saturated carbocycles. The van der Waals surface area contributed by atoms with Gasteiger partial charge >= 0.3 is 0 Å². The number of carbonyl (C=O) groups is 1. The number of thiophene rings is 1. The highest BCUT2D eigenvalue weighted by atomic mass is 32.1. The Balaban J connectivity index is 2.12. The molecule has 1 fully saturated rings. The zero-order chi connectivity index (χ0) is 14.0. The van der Waals surface area contributed by atoms with Gasteiger partial charge in [-0.1, -0.05) is 0 Å². The Morgan fingerprint density at radius 2 is 2.26 bits per heavy atom. The Hall–Kier alpha value is -0.910. The minimum atomic E-state index is -0.0910. The van der Waals surface area contributed by atoms with Crippen molar-refractivity contribution in [1.82, 2.24) is 15.1 Å². The van der Waals surface area contributed by atoms with E-state index in [1.54, 1.807) is 11.3 Å². The number of rotatable bonds is 5. The number of nitrogens with one attached hydrogen (secondary N) is 1. The standard InChI is InChI=1S/C14H23N3OS/c1-10(5-7-16(3)4)17-13(12-6-8-19-9-12)15-11(2)14(17)18/h6,8-11,13,15H,5,7H2,1-4H3. The maximum atomic E-state index is 12.4. The van der Waals surface area contributed by atoms with E-state index in [2.05, 4.69) is 48.1 Å². The zero-order valence-corrected chi connectivity index (χ0v) is 12.9. The predicted molar refractivity (Wildman–Crippen MR) is 79.1 cm³/mol. The molecule has 1 amide bonds. The second-order valence-electron chi connectivity index (χ2n) is 5.53. The van der Waals surface area contributed by atoms with Crippen molar-refractivity contribution in [3.05, 3.63) is 22.4 Å². The lowest BCUT2D eigenvalue weighted by Crippen LogP contribution is -2.39. The molecule has 1 aromatic heterocycles. The number of hydrogen-bond acceptors (Lipinski definition) is 4. The maximum absolute atomic E-state index is 12.4. The fourth-order valence-corrected chi connectivity index (χ4v) is 3.16. The van der Waals surface area contributed by atoms with Gasteiger partial charge in [-0.25, -0.2) is 0 Å². The molecule has 4 nitrogen and oxygen atoms in total. The molecule has 0 radical (unpaired) electrons. The summed E-state index contributed by atoms with van der Waals surface area (Å²) in [4.78, 5) is 16.5. The minimum absolute atomic E-state index is 0.0333. The van der Waals surface area contributed by atoms with Crippen LogP contribution in [0, 0.1) is 0 Å². The first kappa shape index (κ1) is 14.5. The highest BCUT2D eigenvalue weighted by Gasteiger charge is 2.39. The summed E-state index contributed by atoms with van der Waals surface area (Å²) in [5.41, 5.74) is 1.19. The topological polar surface area (TPSA) is 35.6 Å². The fourth-order valence-electron chi connectivity index (χ4n) is 2.48. The Bertz CT molecular complexity index is 418. The van der Waals surface area contributed by atoms with E-state index in [1.807, 2.05) is 11.8 Å². The highest BCUT2D eigenvalue weighted by molar-refractivity contribution is 7.07. The monoisotopic (exact) mass is 281 g/mol. The van der Waals surface area contributed by atoms with Gasteiger partial charge in [0.2, 0.25) is 5.91 Å². The summed E-state index contributed by atoms with van der Waals surface area (Å²) in [5, 5.41) is 7.58. The van der Waals surface area contributed by atoms with Gasteiger partial charge in [0.15, 0.2) is 0 Å². The molecule has 1 N–H and O–H groups in total. The third kappa shape index (κ3) is 3.16. The van der Waals surface area contributed by atoms with Crippen molar-refractivity contribution in [2.75, 3.05) is 20.6 Å². The molecule has 0 aliphatic carbocycles. The van der Waals surface area contributed by atoms with Gasteiger partial charge in [0.1, 0.15) is 6.17 Å². The van der Waals surface area contributed by atoms with E-state index in [9.17, 15) is 4.79 Å². The molecule has 2 rings (SSSR count). The Morgan fingerprint density at radius 1 is 1.53 bits per heavy atom. The smallest absolute Gasteiger partial charge is 0.241 e. The van der Waals surface area contributed by atoms with E-state index in [1.165, 1.54) is 5.56 Å². The Kier molecular flexibility index (Phi) is 4.60. The van der Waals surface area contributed by atoms with Gasteiger partial charge in [0.25, 0.3) is 0 Å². The lowest BCUT2D eigenvalue weighted by atomic mass is 10.1. The first-order valence-corrected chi connectivity index (χ1v) is 7.70. The molecule has 5 heteroatoms. The van der Waals surface area contributed by atoms with Crippen molar-refractivity contribution in [3.8, 4) is 0 Å². The third-order valence-corrected chi connectivity index (χ3v) is 4.34. The number of nitrogens with zero attached hydrogens (tertiary/aromatic N) is 2.